The molecule has 0 spiro atoms. The predicted molar refractivity (Wildman–Crippen MR) is 45.9 cm³/mol. The Hall–Kier alpha value is -0.290. The molecule has 12 heavy (non-hydrogen) atoms. The van der Waals surface area contributed by atoms with Gasteiger partial charge in [-0.25, -0.2) is 9.18 Å². The molecular formula is C7H13FO3S. The first-order valence-corrected chi connectivity index (χ1v) is 4.68. The minimum Gasteiger partial charge on any atom is -0.463 e. The number of halogens is 1. The van der Waals surface area contributed by atoms with Crippen LogP contribution in [0.15, 0.2) is 0 Å². The predicted octanol–water partition coefficient (Wildman–Crippen LogP) is 1.22. The molecule has 72 valence electrons. The summed E-state index contributed by atoms with van der Waals surface area (Å²) in [6.07, 6.45) is 0. The van der Waals surface area contributed by atoms with Crippen LogP contribution in [0.1, 0.15) is 6.92 Å². The zero-order valence-corrected chi connectivity index (χ0v) is 8.03. The summed E-state index contributed by atoms with van der Waals surface area (Å²) in [7, 11) is 1.53. The van der Waals surface area contributed by atoms with Crippen LogP contribution in [-0.2, 0) is 14.3 Å². The Labute approximate surface area is 75.6 Å². The van der Waals surface area contributed by atoms with Crippen molar-refractivity contribution in [2.75, 3.05) is 26.1 Å². The third-order valence-corrected chi connectivity index (χ3v) is 1.91. The van der Waals surface area contributed by atoms with Crippen molar-refractivity contribution in [3.05, 3.63) is 0 Å². The maximum atomic E-state index is 12.7. The molecule has 0 aromatic carbocycles. The van der Waals surface area contributed by atoms with Gasteiger partial charge in [-0.05, 0) is 6.92 Å². The number of hydrogen-bond acceptors (Lipinski definition) is 4. The first-order valence-electron chi connectivity index (χ1n) is 3.63. The van der Waals surface area contributed by atoms with Gasteiger partial charge in [0.05, 0.1) is 13.2 Å². The van der Waals surface area contributed by atoms with Crippen molar-refractivity contribution in [2.24, 2.45) is 0 Å². The van der Waals surface area contributed by atoms with Gasteiger partial charge >= 0.3 is 5.97 Å². The number of carbonyl (C=O) groups is 1. The molecular weight excluding hydrogens is 183 g/mol. The molecule has 0 radical (unpaired) electrons. The molecule has 0 bridgehead atoms. The van der Waals surface area contributed by atoms with E-state index >= 15 is 0 Å². The van der Waals surface area contributed by atoms with Crippen molar-refractivity contribution in [1.82, 2.24) is 0 Å². The van der Waals surface area contributed by atoms with Crippen LogP contribution in [0.3, 0.4) is 0 Å². The van der Waals surface area contributed by atoms with Gasteiger partial charge in [-0.15, -0.1) is 11.8 Å². The third kappa shape index (κ3) is 5.37. The number of methoxy groups -OCH3 is 1. The number of rotatable bonds is 6. The van der Waals surface area contributed by atoms with E-state index in [4.69, 9.17) is 4.74 Å². The summed E-state index contributed by atoms with van der Waals surface area (Å²) >= 11 is 0.883. The number of hydrogen-bond donors (Lipinski definition) is 0. The minimum absolute atomic E-state index is 0.212. The highest BCUT2D eigenvalue weighted by molar-refractivity contribution is 8.00. The van der Waals surface area contributed by atoms with Gasteiger partial charge in [-0.3, -0.25) is 0 Å². The fraction of sp³-hybridized carbons (Fsp3) is 0.857. The van der Waals surface area contributed by atoms with Crippen molar-refractivity contribution in [3.63, 3.8) is 0 Å². The maximum Gasteiger partial charge on any atom is 0.351 e. The molecule has 0 N–H and O–H groups in total. The van der Waals surface area contributed by atoms with E-state index in [2.05, 4.69) is 4.74 Å². The first kappa shape index (κ1) is 11.7. The van der Waals surface area contributed by atoms with Gasteiger partial charge < -0.3 is 9.47 Å². The Morgan fingerprint density at radius 3 is 2.83 bits per heavy atom. The fourth-order valence-corrected chi connectivity index (χ4v) is 1.18. The molecule has 0 aliphatic heterocycles. The first-order chi connectivity index (χ1) is 5.72. The van der Waals surface area contributed by atoms with E-state index < -0.39 is 11.5 Å². The number of thioether (sulfide) groups is 1. The number of carbonyl (C=O) groups excluding carboxylic acids is 1. The smallest absolute Gasteiger partial charge is 0.351 e. The van der Waals surface area contributed by atoms with E-state index in [1.165, 1.54) is 7.11 Å². The standard InChI is InChI=1S/C7H13FO3S/c1-3-11-7(9)6(8)12-5-4-10-2/h6H,3-5H2,1-2H3. The Balaban J connectivity index is 3.42. The molecule has 0 aromatic heterocycles. The van der Waals surface area contributed by atoms with Gasteiger partial charge in [-0.2, -0.15) is 0 Å². The van der Waals surface area contributed by atoms with Crippen molar-refractivity contribution in [2.45, 2.75) is 12.4 Å². The summed E-state index contributed by atoms with van der Waals surface area (Å²) in [5.41, 5.74) is -1.58. The van der Waals surface area contributed by atoms with Crippen LogP contribution in [0.4, 0.5) is 4.39 Å². The van der Waals surface area contributed by atoms with Crippen LogP contribution in [0, 0.1) is 0 Å². The average Bonchev–Trinajstić information content (AvgIpc) is 2.05. The summed E-state index contributed by atoms with van der Waals surface area (Å²) in [5, 5.41) is 0. The van der Waals surface area contributed by atoms with Gasteiger partial charge in [0.1, 0.15) is 0 Å². The quantitative estimate of drug-likeness (QED) is 0.473. The van der Waals surface area contributed by atoms with Gasteiger partial charge in [0, 0.05) is 12.9 Å². The summed E-state index contributed by atoms with van der Waals surface area (Å²) in [6, 6.07) is 0. The summed E-state index contributed by atoms with van der Waals surface area (Å²) < 4.78 is 21.9. The van der Waals surface area contributed by atoms with Gasteiger partial charge in [0.15, 0.2) is 0 Å². The van der Waals surface area contributed by atoms with E-state index in [0.29, 0.717) is 12.4 Å². The lowest BCUT2D eigenvalue weighted by atomic mass is 10.7. The summed E-state index contributed by atoms with van der Waals surface area (Å²) in [4.78, 5) is 10.7. The Kier molecular flexibility index (Phi) is 7.19. The normalized spacial score (nSPS) is 12.6. The highest BCUT2D eigenvalue weighted by atomic mass is 32.2. The zero-order valence-electron chi connectivity index (χ0n) is 7.21. The van der Waals surface area contributed by atoms with E-state index in [1.807, 2.05) is 0 Å². The molecule has 1 unspecified atom stereocenters. The van der Waals surface area contributed by atoms with Crippen LogP contribution in [-0.4, -0.2) is 37.5 Å². The second-order valence-electron chi connectivity index (χ2n) is 1.93. The Morgan fingerprint density at radius 2 is 2.33 bits per heavy atom. The Morgan fingerprint density at radius 1 is 1.67 bits per heavy atom. The molecule has 0 rings (SSSR count). The van der Waals surface area contributed by atoms with Crippen LogP contribution in [0.2, 0.25) is 0 Å². The molecule has 0 aromatic rings. The van der Waals surface area contributed by atoms with E-state index in [0.717, 1.165) is 11.8 Å². The lowest BCUT2D eigenvalue weighted by Gasteiger charge is -2.05. The molecule has 0 fully saturated rings. The fourth-order valence-electron chi connectivity index (χ4n) is 0.511. The van der Waals surface area contributed by atoms with Crippen molar-refractivity contribution < 1.29 is 18.7 Å². The van der Waals surface area contributed by atoms with Crippen LogP contribution < -0.4 is 0 Å². The number of alkyl halides is 1. The molecule has 0 amide bonds. The van der Waals surface area contributed by atoms with Gasteiger partial charge in [-0.1, -0.05) is 0 Å². The average molecular weight is 196 g/mol. The second-order valence-corrected chi connectivity index (χ2v) is 3.09. The van der Waals surface area contributed by atoms with Crippen molar-refractivity contribution >= 4 is 17.7 Å². The lowest BCUT2D eigenvalue weighted by Crippen LogP contribution is -2.16. The number of ether oxygens (including phenoxy) is 2. The maximum absolute atomic E-state index is 12.7. The summed E-state index contributed by atoms with van der Waals surface area (Å²) in [6.45, 7) is 2.29. The molecule has 0 aliphatic rings. The summed E-state index contributed by atoms with van der Waals surface area (Å²) in [5.74, 6) is -0.352. The SMILES string of the molecule is CCOC(=O)C(F)SCCOC. The van der Waals surface area contributed by atoms with Gasteiger partial charge in [0.2, 0.25) is 5.50 Å². The van der Waals surface area contributed by atoms with Crippen LogP contribution in [0.25, 0.3) is 0 Å². The second kappa shape index (κ2) is 7.36. The molecule has 0 heterocycles. The van der Waals surface area contributed by atoms with Crippen molar-refractivity contribution in [1.29, 1.82) is 0 Å². The van der Waals surface area contributed by atoms with E-state index in [1.54, 1.807) is 6.92 Å². The molecule has 5 heteroatoms. The van der Waals surface area contributed by atoms with E-state index in [9.17, 15) is 9.18 Å². The van der Waals surface area contributed by atoms with Gasteiger partial charge in [0.25, 0.3) is 0 Å². The van der Waals surface area contributed by atoms with Crippen LogP contribution in [0.5, 0.6) is 0 Å². The third-order valence-electron chi connectivity index (χ3n) is 1.02. The van der Waals surface area contributed by atoms with Crippen molar-refractivity contribution in [3.8, 4) is 0 Å². The largest absolute Gasteiger partial charge is 0.463 e. The molecule has 0 aliphatic carbocycles. The van der Waals surface area contributed by atoms with E-state index in [-0.39, 0.29) is 6.61 Å². The van der Waals surface area contributed by atoms with Crippen LogP contribution >= 0.6 is 11.8 Å². The monoisotopic (exact) mass is 196 g/mol. The topological polar surface area (TPSA) is 35.5 Å². The highest BCUT2D eigenvalue weighted by Gasteiger charge is 2.17. The Bertz CT molecular complexity index is 132. The molecule has 0 saturated carbocycles. The molecule has 0 saturated heterocycles. The lowest BCUT2D eigenvalue weighted by molar-refractivity contribution is -0.145. The zero-order chi connectivity index (χ0) is 9.40. The highest BCUT2D eigenvalue weighted by Crippen LogP contribution is 2.13. The molecule has 1 atom stereocenters. The molecule has 3 nitrogen and oxygen atoms in total. The number of esters is 1. The minimum atomic E-state index is -1.58.